The molecule has 0 spiro atoms. The second kappa shape index (κ2) is 8.38. The number of benzene rings is 2. The average molecular weight is 370 g/mol. The van der Waals surface area contributed by atoms with Crippen molar-refractivity contribution in [2.75, 3.05) is 0 Å². The Morgan fingerprint density at radius 1 is 1.08 bits per heavy atom. The first-order chi connectivity index (χ1) is 11.4. The lowest BCUT2D eigenvalue weighted by molar-refractivity contribution is -0.432. The molecule has 2 aromatic rings. The van der Waals surface area contributed by atoms with Crippen molar-refractivity contribution in [1.29, 1.82) is 0 Å². The lowest BCUT2D eigenvalue weighted by Gasteiger charge is -2.09. The molecule has 0 fully saturated rings. The van der Waals surface area contributed by atoms with Crippen LogP contribution in [0.5, 0.6) is 5.75 Å². The Hall–Kier alpha value is -1.75. The molecule has 0 radical (unpaired) electrons. The van der Waals surface area contributed by atoms with Crippen molar-refractivity contribution in [3.05, 3.63) is 58.7 Å². The van der Waals surface area contributed by atoms with Crippen LogP contribution in [-0.4, -0.2) is 19.8 Å². The number of rotatable bonds is 7. The molecule has 9 heteroatoms. The minimum absolute atomic E-state index is 0.153. The van der Waals surface area contributed by atoms with Crippen LogP contribution in [0.3, 0.4) is 0 Å². The summed E-state index contributed by atoms with van der Waals surface area (Å²) in [6.45, 7) is 3.51. The van der Waals surface area contributed by atoms with Gasteiger partial charge in [-0.25, -0.2) is 5.26 Å². The predicted molar refractivity (Wildman–Crippen MR) is 87.8 cm³/mol. The molecule has 2 aromatic carbocycles. The van der Waals surface area contributed by atoms with Gasteiger partial charge in [0, 0.05) is 16.0 Å². The topological polar surface area (TPSA) is 102 Å². The lowest BCUT2D eigenvalue weighted by atomic mass is 10.0. The van der Waals surface area contributed by atoms with Crippen molar-refractivity contribution in [1.82, 2.24) is 0 Å². The van der Waals surface area contributed by atoms with Gasteiger partial charge in [-0.05, 0) is 37.1 Å². The molecule has 7 nitrogen and oxygen atoms in total. The lowest BCUT2D eigenvalue weighted by Crippen LogP contribution is -2.05. The zero-order valence-electron chi connectivity index (χ0n) is 12.7. The summed E-state index contributed by atoms with van der Waals surface area (Å²) >= 11 is -1.71. The van der Waals surface area contributed by atoms with Crippen LogP contribution in [-0.2, 0) is 20.7 Å². The molecule has 1 unspecified atom stereocenters. The van der Waals surface area contributed by atoms with Crippen molar-refractivity contribution in [2.45, 2.75) is 18.7 Å². The van der Waals surface area contributed by atoms with Crippen LogP contribution < -0.4 is 4.18 Å². The number of carbonyl (C=O) groups is 1. The predicted octanol–water partition coefficient (Wildman–Crippen LogP) is 3.48. The van der Waals surface area contributed by atoms with Gasteiger partial charge in [0.1, 0.15) is 5.75 Å². The molecule has 0 aliphatic rings. The van der Waals surface area contributed by atoms with E-state index < -0.39 is 11.4 Å². The first-order valence-electron chi connectivity index (χ1n) is 6.62. The molecule has 0 aromatic heterocycles. The maximum Gasteiger partial charge on any atom is 0.357 e. The zero-order valence-corrected chi connectivity index (χ0v) is 14.3. The van der Waals surface area contributed by atoms with Crippen molar-refractivity contribution in [2.24, 2.45) is 0 Å². The van der Waals surface area contributed by atoms with Gasteiger partial charge >= 0.3 is 11.4 Å². The first-order valence-corrected chi connectivity index (χ1v) is 8.39. The largest absolute Gasteiger partial charge is 0.380 e. The fourth-order valence-electron chi connectivity index (χ4n) is 1.96. The Morgan fingerprint density at radius 3 is 2.33 bits per heavy atom. The summed E-state index contributed by atoms with van der Waals surface area (Å²) in [5, 5.41) is 11.8. The van der Waals surface area contributed by atoms with E-state index in [0.717, 1.165) is 17.6 Å². The van der Waals surface area contributed by atoms with E-state index >= 15 is 0 Å². The number of aryl methyl sites for hydroxylation is 2. The molecule has 0 bridgehead atoms. The molecule has 0 saturated heterocycles. The Kier molecular flexibility index (Phi) is 6.49. The van der Waals surface area contributed by atoms with Crippen LogP contribution in [0.25, 0.3) is 0 Å². The minimum Gasteiger partial charge on any atom is -0.380 e. The van der Waals surface area contributed by atoms with Crippen LogP contribution in [0.4, 0.5) is 0 Å². The third kappa shape index (κ3) is 4.63. The quantitative estimate of drug-likeness (QED) is 0.251. The number of carbonyl (C=O) groups excluding carboxylic acids is 1. The van der Waals surface area contributed by atoms with Crippen molar-refractivity contribution < 1.29 is 32.4 Å². The maximum absolute atomic E-state index is 12.6. The van der Waals surface area contributed by atoms with Gasteiger partial charge in [-0.15, -0.1) is 4.33 Å². The standard InChI is InChI=1S/C15H14O7S2/c1-9-3-5-11(7-13(9)20-24(18)19)15(16)12-6-4-10(2)14(8-12)23-22-21-17/h3-8,17H,1-2H3,(H,18,19). The van der Waals surface area contributed by atoms with Crippen LogP contribution in [0, 0.1) is 13.8 Å². The summed E-state index contributed by atoms with van der Waals surface area (Å²) in [7, 11) is 0. The Balaban J connectivity index is 2.33. The molecule has 2 N–H and O–H groups in total. The Bertz CT molecular complexity index is 776. The highest BCUT2D eigenvalue weighted by Crippen LogP contribution is 2.27. The SMILES string of the molecule is Cc1ccc(C(=O)c2ccc(C)c(SOOO)c2)cc1OS(=O)O. The van der Waals surface area contributed by atoms with Crippen molar-refractivity contribution in [3.63, 3.8) is 0 Å². The molecule has 2 rings (SSSR count). The van der Waals surface area contributed by atoms with Crippen LogP contribution in [0.15, 0.2) is 41.3 Å². The summed E-state index contributed by atoms with van der Waals surface area (Å²) < 4.78 is 28.8. The maximum atomic E-state index is 12.6. The molecular weight excluding hydrogens is 356 g/mol. The van der Waals surface area contributed by atoms with Gasteiger partial charge in [0.2, 0.25) is 0 Å². The molecule has 0 aliphatic heterocycles. The van der Waals surface area contributed by atoms with E-state index in [-0.39, 0.29) is 11.5 Å². The molecule has 0 aliphatic carbocycles. The monoisotopic (exact) mass is 370 g/mol. The van der Waals surface area contributed by atoms with E-state index in [4.69, 9.17) is 14.0 Å². The summed E-state index contributed by atoms with van der Waals surface area (Å²) in [6, 6.07) is 9.60. The molecule has 128 valence electrons. The van der Waals surface area contributed by atoms with E-state index in [9.17, 15) is 9.00 Å². The van der Waals surface area contributed by atoms with E-state index in [1.165, 1.54) is 6.07 Å². The summed E-state index contributed by atoms with van der Waals surface area (Å²) in [5.74, 6) is -0.143. The highest BCUT2D eigenvalue weighted by Gasteiger charge is 2.14. The highest BCUT2D eigenvalue weighted by atomic mass is 32.2. The Labute approximate surface area is 145 Å². The number of hydrogen-bond acceptors (Lipinski definition) is 7. The summed E-state index contributed by atoms with van der Waals surface area (Å²) in [4.78, 5) is 13.2. The second-order valence-electron chi connectivity index (χ2n) is 4.82. The van der Waals surface area contributed by atoms with Crippen LogP contribution >= 0.6 is 12.0 Å². The van der Waals surface area contributed by atoms with Gasteiger partial charge in [-0.2, -0.15) is 4.21 Å². The van der Waals surface area contributed by atoms with E-state index in [1.54, 1.807) is 37.3 Å². The number of hydrogen-bond donors (Lipinski definition) is 2. The Morgan fingerprint density at radius 2 is 1.71 bits per heavy atom. The summed E-state index contributed by atoms with van der Waals surface area (Å²) in [5.41, 5.74) is 2.14. The van der Waals surface area contributed by atoms with E-state index in [2.05, 4.69) is 9.37 Å². The smallest absolute Gasteiger partial charge is 0.357 e. The van der Waals surface area contributed by atoms with Gasteiger partial charge in [0.05, 0.1) is 12.0 Å². The van der Waals surface area contributed by atoms with Gasteiger partial charge < -0.3 is 4.18 Å². The third-order valence-corrected chi connectivity index (χ3v) is 4.29. The second-order valence-corrected chi connectivity index (χ2v) is 6.16. The van der Waals surface area contributed by atoms with Crippen molar-refractivity contribution in [3.8, 4) is 5.75 Å². The van der Waals surface area contributed by atoms with Gasteiger partial charge in [0.25, 0.3) is 0 Å². The minimum atomic E-state index is -2.47. The van der Waals surface area contributed by atoms with Gasteiger partial charge in [-0.1, -0.05) is 29.3 Å². The zero-order chi connectivity index (χ0) is 17.7. The molecular formula is C15H14O7S2. The average Bonchev–Trinajstić information content (AvgIpc) is 2.55. The molecule has 0 saturated carbocycles. The van der Waals surface area contributed by atoms with Gasteiger partial charge in [-0.3, -0.25) is 9.35 Å². The van der Waals surface area contributed by atoms with Crippen LogP contribution in [0.1, 0.15) is 27.0 Å². The number of ketones is 1. The summed E-state index contributed by atoms with van der Waals surface area (Å²) in [6.07, 6.45) is 0. The molecule has 0 amide bonds. The van der Waals surface area contributed by atoms with Gasteiger partial charge in [0.15, 0.2) is 5.78 Å². The highest BCUT2D eigenvalue weighted by molar-refractivity contribution is 7.94. The fraction of sp³-hybridized carbons (Fsp3) is 0.133. The van der Waals surface area contributed by atoms with Crippen molar-refractivity contribution >= 4 is 29.2 Å². The normalized spacial score (nSPS) is 12.0. The van der Waals surface area contributed by atoms with E-state index in [1.807, 2.05) is 6.92 Å². The third-order valence-electron chi connectivity index (χ3n) is 3.22. The first kappa shape index (κ1) is 18.6. The molecule has 1 atom stereocenters. The van der Waals surface area contributed by atoms with E-state index in [0.29, 0.717) is 21.6 Å². The van der Waals surface area contributed by atoms with Crippen LogP contribution in [0.2, 0.25) is 0 Å². The fourth-order valence-corrected chi connectivity index (χ4v) is 2.77. The molecule has 24 heavy (non-hydrogen) atoms. The molecule has 0 heterocycles.